The minimum absolute atomic E-state index is 0.131. The van der Waals surface area contributed by atoms with Crippen molar-refractivity contribution in [3.05, 3.63) is 40.4 Å². The first-order valence-corrected chi connectivity index (χ1v) is 6.63. The first-order chi connectivity index (χ1) is 10.1. The Labute approximate surface area is 120 Å². The molecule has 1 aliphatic rings. The predicted octanol–water partition coefficient (Wildman–Crippen LogP) is 0.995. The van der Waals surface area contributed by atoms with Crippen molar-refractivity contribution >= 4 is 11.8 Å². The standard InChI is InChI=1S/C14H15FN4O2/c15-10-3-1-9(2-4-10)11-12(16)17-14(18-13(11)20)19-5-7-21-8-6-19/h1-4H,5-8H2,(H3,16,17,18,20). The van der Waals surface area contributed by atoms with Gasteiger partial charge in [0, 0.05) is 13.1 Å². The topological polar surface area (TPSA) is 84.2 Å². The molecule has 1 fully saturated rings. The minimum Gasteiger partial charge on any atom is -0.383 e. The van der Waals surface area contributed by atoms with E-state index in [0.717, 1.165) is 0 Å². The van der Waals surface area contributed by atoms with E-state index in [9.17, 15) is 9.18 Å². The van der Waals surface area contributed by atoms with Gasteiger partial charge in [-0.05, 0) is 17.7 Å². The number of benzene rings is 1. The van der Waals surface area contributed by atoms with Crippen LogP contribution in [-0.2, 0) is 4.74 Å². The molecule has 0 amide bonds. The number of H-pyrrole nitrogens is 1. The minimum atomic E-state index is -0.369. The normalized spacial score (nSPS) is 15.2. The number of nitrogens with two attached hydrogens (primary N) is 1. The van der Waals surface area contributed by atoms with Crippen molar-refractivity contribution in [3.63, 3.8) is 0 Å². The van der Waals surface area contributed by atoms with Crippen LogP contribution in [0.15, 0.2) is 29.1 Å². The van der Waals surface area contributed by atoms with Crippen molar-refractivity contribution in [2.45, 2.75) is 0 Å². The average Bonchev–Trinajstić information content (AvgIpc) is 2.49. The lowest BCUT2D eigenvalue weighted by Gasteiger charge is -2.27. The molecule has 0 atom stereocenters. The number of morpholine rings is 1. The second-order valence-corrected chi connectivity index (χ2v) is 4.76. The third kappa shape index (κ3) is 2.73. The van der Waals surface area contributed by atoms with Crippen molar-refractivity contribution in [1.82, 2.24) is 9.97 Å². The molecule has 0 aliphatic carbocycles. The van der Waals surface area contributed by atoms with Gasteiger partial charge >= 0.3 is 0 Å². The van der Waals surface area contributed by atoms with Gasteiger partial charge in [0.1, 0.15) is 11.6 Å². The lowest BCUT2D eigenvalue weighted by molar-refractivity contribution is 0.122. The Hall–Kier alpha value is -2.41. The van der Waals surface area contributed by atoms with E-state index in [1.54, 1.807) is 0 Å². The Morgan fingerprint density at radius 3 is 2.52 bits per heavy atom. The summed E-state index contributed by atoms with van der Waals surface area (Å²) in [6, 6.07) is 5.58. The van der Waals surface area contributed by atoms with Gasteiger partial charge in [-0.2, -0.15) is 4.98 Å². The van der Waals surface area contributed by atoms with Gasteiger partial charge < -0.3 is 15.4 Å². The second kappa shape index (κ2) is 5.53. The molecule has 6 nitrogen and oxygen atoms in total. The third-order valence-corrected chi connectivity index (χ3v) is 3.38. The summed E-state index contributed by atoms with van der Waals surface area (Å²) >= 11 is 0. The summed E-state index contributed by atoms with van der Waals surface area (Å²) in [5.74, 6) is 0.199. The number of ether oxygens (including phenoxy) is 1. The third-order valence-electron chi connectivity index (χ3n) is 3.38. The van der Waals surface area contributed by atoms with Crippen molar-refractivity contribution in [1.29, 1.82) is 0 Å². The van der Waals surface area contributed by atoms with E-state index in [-0.39, 0.29) is 22.8 Å². The number of aromatic amines is 1. The summed E-state index contributed by atoms with van der Waals surface area (Å²) in [6.45, 7) is 2.48. The first-order valence-electron chi connectivity index (χ1n) is 6.63. The van der Waals surface area contributed by atoms with E-state index >= 15 is 0 Å². The number of rotatable bonds is 2. The molecule has 0 radical (unpaired) electrons. The van der Waals surface area contributed by atoms with E-state index in [1.165, 1.54) is 24.3 Å². The van der Waals surface area contributed by atoms with Crippen molar-refractivity contribution in [3.8, 4) is 11.1 Å². The predicted molar refractivity (Wildman–Crippen MR) is 77.7 cm³/mol. The maximum atomic E-state index is 13.0. The molecular weight excluding hydrogens is 275 g/mol. The van der Waals surface area contributed by atoms with Gasteiger partial charge in [0.05, 0.1) is 18.8 Å². The summed E-state index contributed by atoms with van der Waals surface area (Å²) in [5, 5.41) is 0. The van der Waals surface area contributed by atoms with Crippen LogP contribution in [-0.4, -0.2) is 36.3 Å². The van der Waals surface area contributed by atoms with Gasteiger partial charge in [0.15, 0.2) is 0 Å². The molecule has 3 N–H and O–H groups in total. The number of nitrogens with one attached hydrogen (secondary N) is 1. The van der Waals surface area contributed by atoms with Crippen LogP contribution in [0.25, 0.3) is 11.1 Å². The number of nitrogens with zero attached hydrogens (tertiary/aromatic N) is 2. The monoisotopic (exact) mass is 290 g/mol. The Morgan fingerprint density at radius 1 is 1.24 bits per heavy atom. The average molecular weight is 290 g/mol. The highest BCUT2D eigenvalue weighted by Gasteiger charge is 2.17. The Kier molecular flexibility index (Phi) is 3.57. The maximum absolute atomic E-state index is 13.0. The summed E-state index contributed by atoms with van der Waals surface area (Å²) in [6.07, 6.45) is 0. The Balaban J connectivity index is 2.00. The number of hydrogen-bond acceptors (Lipinski definition) is 5. The molecule has 0 bridgehead atoms. The molecule has 7 heteroatoms. The SMILES string of the molecule is Nc1nc(N2CCOCC2)[nH]c(=O)c1-c1ccc(F)cc1. The van der Waals surface area contributed by atoms with Gasteiger partial charge in [-0.15, -0.1) is 0 Å². The molecular formula is C14H15FN4O2. The van der Waals surface area contributed by atoms with Gasteiger partial charge in [-0.1, -0.05) is 12.1 Å². The lowest BCUT2D eigenvalue weighted by Crippen LogP contribution is -2.38. The van der Waals surface area contributed by atoms with E-state index in [4.69, 9.17) is 10.5 Å². The maximum Gasteiger partial charge on any atom is 0.262 e. The molecule has 110 valence electrons. The van der Waals surface area contributed by atoms with Gasteiger partial charge in [0.25, 0.3) is 5.56 Å². The zero-order chi connectivity index (χ0) is 14.8. The molecule has 2 aromatic rings. The van der Waals surface area contributed by atoms with Crippen LogP contribution in [0.4, 0.5) is 16.2 Å². The van der Waals surface area contributed by atoms with Crippen LogP contribution < -0.4 is 16.2 Å². The number of anilines is 2. The summed E-state index contributed by atoms with van der Waals surface area (Å²) in [5.41, 5.74) is 6.37. The summed E-state index contributed by atoms with van der Waals surface area (Å²) in [4.78, 5) is 21.2. The highest BCUT2D eigenvalue weighted by atomic mass is 19.1. The molecule has 1 saturated heterocycles. The van der Waals surface area contributed by atoms with Gasteiger partial charge in [-0.3, -0.25) is 9.78 Å². The second-order valence-electron chi connectivity index (χ2n) is 4.76. The highest BCUT2D eigenvalue weighted by Crippen LogP contribution is 2.22. The Bertz CT molecular complexity index is 693. The molecule has 0 saturated carbocycles. The van der Waals surface area contributed by atoms with Crippen LogP contribution in [0, 0.1) is 5.82 Å². The van der Waals surface area contributed by atoms with E-state index in [2.05, 4.69) is 9.97 Å². The zero-order valence-electron chi connectivity index (χ0n) is 11.3. The van der Waals surface area contributed by atoms with Crippen LogP contribution in [0.3, 0.4) is 0 Å². The molecule has 1 aromatic heterocycles. The summed E-state index contributed by atoms with van der Waals surface area (Å²) in [7, 11) is 0. The van der Waals surface area contributed by atoms with Gasteiger partial charge in [-0.25, -0.2) is 4.39 Å². The van der Waals surface area contributed by atoms with Crippen LogP contribution in [0.1, 0.15) is 0 Å². The van der Waals surface area contributed by atoms with Crippen molar-refractivity contribution in [2.75, 3.05) is 36.9 Å². The molecule has 1 aromatic carbocycles. The van der Waals surface area contributed by atoms with E-state index < -0.39 is 0 Å². The van der Waals surface area contributed by atoms with E-state index in [1.807, 2.05) is 4.90 Å². The molecule has 1 aliphatic heterocycles. The lowest BCUT2D eigenvalue weighted by atomic mass is 10.1. The fourth-order valence-corrected chi connectivity index (χ4v) is 2.30. The number of nitrogen functional groups attached to an aromatic ring is 1. The molecule has 21 heavy (non-hydrogen) atoms. The molecule has 3 rings (SSSR count). The summed E-state index contributed by atoms with van der Waals surface area (Å²) < 4.78 is 18.2. The van der Waals surface area contributed by atoms with Crippen molar-refractivity contribution in [2.24, 2.45) is 0 Å². The first kappa shape index (κ1) is 13.6. The largest absolute Gasteiger partial charge is 0.383 e. The smallest absolute Gasteiger partial charge is 0.262 e. The zero-order valence-corrected chi connectivity index (χ0v) is 11.3. The van der Waals surface area contributed by atoms with Crippen molar-refractivity contribution < 1.29 is 9.13 Å². The van der Waals surface area contributed by atoms with Crippen LogP contribution >= 0.6 is 0 Å². The van der Waals surface area contributed by atoms with Crippen LogP contribution in [0.2, 0.25) is 0 Å². The number of aromatic nitrogens is 2. The highest BCUT2D eigenvalue weighted by molar-refractivity contribution is 5.73. The number of hydrogen-bond donors (Lipinski definition) is 2. The molecule has 2 heterocycles. The van der Waals surface area contributed by atoms with E-state index in [0.29, 0.717) is 37.8 Å². The fraction of sp³-hybridized carbons (Fsp3) is 0.286. The fourth-order valence-electron chi connectivity index (χ4n) is 2.30. The Morgan fingerprint density at radius 2 is 1.90 bits per heavy atom. The van der Waals surface area contributed by atoms with Crippen LogP contribution in [0.5, 0.6) is 0 Å². The number of halogens is 1. The quantitative estimate of drug-likeness (QED) is 0.862. The molecule has 0 spiro atoms. The molecule has 0 unspecified atom stereocenters. The van der Waals surface area contributed by atoms with Gasteiger partial charge in [0.2, 0.25) is 5.95 Å².